The van der Waals surface area contributed by atoms with Crippen LogP contribution < -0.4 is 11.1 Å². The maximum Gasteiger partial charge on any atom is 0.326 e. The minimum Gasteiger partial charge on any atom is -0.480 e. The number of carbonyl (C=O) groups excluding carboxylic acids is 1. The number of aliphatic carboxylic acids is 1. The van der Waals surface area contributed by atoms with Crippen LogP contribution in [0, 0.1) is 0 Å². The molecule has 6 nitrogen and oxygen atoms in total. The van der Waals surface area contributed by atoms with Crippen LogP contribution in [0.15, 0.2) is 5.38 Å². The summed E-state index contributed by atoms with van der Waals surface area (Å²) in [6.45, 7) is 1.85. The number of nitrogens with one attached hydrogen (secondary N) is 1. The fourth-order valence-corrected chi connectivity index (χ4v) is 1.71. The van der Waals surface area contributed by atoms with Gasteiger partial charge in [-0.25, -0.2) is 9.78 Å². The van der Waals surface area contributed by atoms with E-state index >= 15 is 0 Å². The van der Waals surface area contributed by atoms with Crippen LogP contribution in [0.3, 0.4) is 0 Å². The van der Waals surface area contributed by atoms with Crippen LogP contribution in [0.25, 0.3) is 0 Å². The van der Waals surface area contributed by atoms with Gasteiger partial charge < -0.3 is 16.2 Å². The molecule has 1 aromatic heterocycles. The van der Waals surface area contributed by atoms with Gasteiger partial charge in [-0.1, -0.05) is 13.3 Å². The summed E-state index contributed by atoms with van der Waals surface area (Å²) in [6.07, 6.45) is 1.07. The molecule has 0 aromatic carbocycles. The first-order valence-electron chi connectivity index (χ1n) is 4.79. The molecule has 4 N–H and O–H groups in total. The third kappa shape index (κ3) is 3.20. The standard InChI is InChI=1S/C9H13N3O3S/c1-2-3-5(8(14)15)11-7(13)6-4-16-9(10)12-6/h4-5H,2-3H2,1H3,(H2,10,12)(H,11,13)(H,14,15)/t5-/m1/s1. The maximum atomic E-state index is 11.6. The molecule has 0 aliphatic rings. The van der Waals surface area contributed by atoms with Crippen molar-refractivity contribution in [3.05, 3.63) is 11.1 Å². The van der Waals surface area contributed by atoms with Crippen molar-refractivity contribution in [1.82, 2.24) is 10.3 Å². The number of hydrogen-bond acceptors (Lipinski definition) is 5. The summed E-state index contributed by atoms with van der Waals surface area (Å²) < 4.78 is 0. The Bertz CT molecular complexity index is 391. The number of hydrogen-bond donors (Lipinski definition) is 3. The zero-order chi connectivity index (χ0) is 12.1. The van der Waals surface area contributed by atoms with Gasteiger partial charge in [-0.3, -0.25) is 4.79 Å². The van der Waals surface area contributed by atoms with Gasteiger partial charge in [0.1, 0.15) is 11.7 Å². The number of carboxylic acid groups (broad SMARTS) is 1. The molecule has 1 aromatic rings. The number of anilines is 1. The van der Waals surface area contributed by atoms with Crippen LogP contribution in [0.5, 0.6) is 0 Å². The first kappa shape index (κ1) is 12.4. The van der Waals surface area contributed by atoms with E-state index < -0.39 is 17.9 Å². The molecule has 7 heteroatoms. The molecule has 0 spiro atoms. The summed E-state index contributed by atoms with van der Waals surface area (Å²) in [7, 11) is 0. The van der Waals surface area contributed by atoms with Gasteiger partial charge in [0.05, 0.1) is 0 Å². The second-order valence-electron chi connectivity index (χ2n) is 3.22. The zero-order valence-electron chi connectivity index (χ0n) is 8.77. The van der Waals surface area contributed by atoms with E-state index in [1.807, 2.05) is 6.92 Å². The van der Waals surface area contributed by atoms with Crippen molar-refractivity contribution in [1.29, 1.82) is 0 Å². The van der Waals surface area contributed by atoms with Crippen molar-refractivity contribution in [2.75, 3.05) is 5.73 Å². The average molecular weight is 243 g/mol. The van der Waals surface area contributed by atoms with E-state index in [4.69, 9.17) is 10.8 Å². The summed E-state index contributed by atoms with van der Waals surface area (Å²) in [4.78, 5) is 26.1. The van der Waals surface area contributed by atoms with Crippen molar-refractivity contribution < 1.29 is 14.7 Å². The Balaban J connectivity index is 2.65. The third-order valence-electron chi connectivity index (χ3n) is 1.94. The predicted octanol–water partition coefficient (Wildman–Crippen LogP) is 0.708. The van der Waals surface area contributed by atoms with Gasteiger partial charge in [0.2, 0.25) is 0 Å². The van der Waals surface area contributed by atoms with E-state index in [1.54, 1.807) is 0 Å². The number of nitrogens with two attached hydrogens (primary N) is 1. The Kier molecular flexibility index (Phi) is 4.24. The highest BCUT2D eigenvalue weighted by molar-refractivity contribution is 7.13. The lowest BCUT2D eigenvalue weighted by Gasteiger charge is -2.12. The molecule has 0 saturated carbocycles. The Morgan fingerprint density at radius 2 is 2.38 bits per heavy atom. The number of rotatable bonds is 5. The van der Waals surface area contributed by atoms with Crippen molar-refractivity contribution >= 4 is 28.3 Å². The Hall–Kier alpha value is -1.63. The summed E-state index contributed by atoms with van der Waals surface area (Å²) in [6, 6.07) is -0.875. The Labute approximate surface area is 96.5 Å². The molecular weight excluding hydrogens is 230 g/mol. The Morgan fingerprint density at radius 3 is 2.81 bits per heavy atom. The van der Waals surface area contributed by atoms with Gasteiger partial charge in [-0.2, -0.15) is 0 Å². The van der Waals surface area contributed by atoms with Gasteiger partial charge >= 0.3 is 5.97 Å². The number of thiazole rings is 1. The number of nitrogen functional groups attached to an aromatic ring is 1. The molecule has 0 aliphatic carbocycles. The smallest absolute Gasteiger partial charge is 0.326 e. The molecule has 1 rings (SSSR count). The highest BCUT2D eigenvalue weighted by Gasteiger charge is 2.20. The van der Waals surface area contributed by atoms with Gasteiger partial charge in [-0.15, -0.1) is 11.3 Å². The quantitative estimate of drug-likeness (QED) is 0.706. The predicted molar refractivity (Wildman–Crippen MR) is 60.3 cm³/mol. The number of nitrogens with zero attached hydrogens (tertiary/aromatic N) is 1. The van der Waals surface area contributed by atoms with E-state index in [0.717, 1.165) is 11.3 Å². The fraction of sp³-hybridized carbons (Fsp3) is 0.444. The summed E-state index contributed by atoms with van der Waals surface area (Å²) in [5, 5.41) is 13.0. The number of carbonyl (C=O) groups is 2. The monoisotopic (exact) mass is 243 g/mol. The second kappa shape index (κ2) is 5.45. The van der Waals surface area contributed by atoms with Crippen molar-refractivity contribution in [2.45, 2.75) is 25.8 Å². The third-order valence-corrected chi connectivity index (χ3v) is 2.61. The molecule has 0 saturated heterocycles. The molecule has 0 radical (unpaired) electrons. The number of amides is 1. The van der Waals surface area contributed by atoms with E-state index in [-0.39, 0.29) is 10.8 Å². The van der Waals surface area contributed by atoms with Crippen LogP contribution in [-0.4, -0.2) is 28.0 Å². The highest BCUT2D eigenvalue weighted by atomic mass is 32.1. The average Bonchev–Trinajstić information content (AvgIpc) is 2.64. The number of aromatic nitrogens is 1. The van der Waals surface area contributed by atoms with Gasteiger partial charge in [0.15, 0.2) is 5.13 Å². The van der Waals surface area contributed by atoms with E-state index in [1.165, 1.54) is 5.38 Å². The molecule has 1 heterocycles. The normalized spacial score (nSPS) is 12.1. The summed E-state index contributed by atoms with van der Waals surface area (Å²) in [5.41, 5.74) is 5.53. The van der Waals surface area contributed by atoms with Gasteiger partial charge in [0, 0.05) is 5.38 Å². The van der Waals surface area contributed by atoms with Crippen LogP contribution in [0.2, 0.25) is 0 Å². The molecule has 0 fully saturated rings. The molecule has 0 aliphatic heterocycles. The van der Waals surface area contributed by atoms with E-state index in [2.05, 4.69) is 10.3 Å². The highest BCUT2D eigenvalue weighted by Crippen LogP contribution is 2.11. The fourth-order valence-electron chi connectivity index (χ4n) is 1.17. The minimum atomic E-state index is -1.04. The molecule has 1 atom stereocenters. The SMILES string of the molecule is CCC[C@@H](NC(=O)c1csc(N)n1)C(=O)O. The van der Waals surface area contributed by atoms with Crippen LogP contribution in [0.4, 0.5) is 5.13 Å². The van der Waals surface area contributed by atoms with Gasteiger partial charge in [0.25, 0.3) is 5.91 Å². The van der Waals surface area contributed by atoms with E-state index in [9.17, 15) is 9.59 Å². The van der Waals surface area contributed by atoms with Crippen molar-refractivity contribution in [3.63, 3.8) is 0 Å². The lowest BCUT2D eigenvalue weighted by Crippen LogP contribution is -2.40. The molecule has 0 bridgehead atoms. The number of carboxylic acids is 1. The lowest BCUT2D eigenvalue weighted by molar-refractivity contribution is -0.139. The molecular formula is C9H13N3O3S. The molecule has 0 unspecified atom stereocenters. The van der Waals surface area contributed by atoms with Crippen molar-refractivity contribution in [3.8, 4) is 0 Å². The van der Waals surface area contributed by atoms with E-state index in [0.29, 0.717) is 12.8 Å². The van der Waals surface area contributed by atoms with Crippen LogP contribution >= 0.6 is 11.3 Å². The summed E-state index contributed by atoms with van der Waals surface area (Å²) in [5.74, 6) is -1.55. The van der Waals surface area contributed by atoms with Gasteiger partial charge in [-0.05, 0) is 6.42 Å². The van der Waals surface area contributed by atoms with Crippen LogP contribution in [0.1, 0.15) is 30.3 Å². The van der Waals surface area contributed by atoms with Crippen LogP contribution in [-0.2, 0) is 4.79 Å². The first-order chi connectivity index (χ1) is 7.54. The minimum absolute atomic E-state index is 0.157. The Morgan fingerprint density at radius 1 is 1.69 bits per heavy atom. The molecule has 88 valence electrons. The summed E-state index contributed by atoms with van der Waals surface area (Å²) >= 11 is 1.14. The molecule has 16 heavy (non-hydrogen) atoms. The molecule has 1 amide bonds. The maximum absolute atomic E-state index is 11.6. The zero-order valence-corrected chi connectivity index (χ0v) is 9.58. The van der Waals surface area contributed by atoms with Crippen molar-refractivity contribution in [2.24, 2.45) is 0 Å². The lowest BCUT2D eigenvalue weighted by atomic mass is 10.1. The largest absolute Gasteiger partial charge is 0.480 e. The topological polar surface area (TPSA) is 105 Å². The second-order valence-corrected chi connectivity index (χ2v) is 4.11. The first-order valence-corrected chi connectivity index (χ1v) is 5.67.